The van der Waals surface area contributed by atoms with Crippen molar-refractivity contribution in [1.82, 2.24) is 24.9 Å². The third-order valence-corrected chi connectivity index (χ3v) is 4.33. The molecule has 0 saturated carbocycles. The number of nitrogens with zero attached hydrogens (tertiary/aromatic N) is 4. The number of amides is 1. The summed E-state index contributed by atoms with van der Waals surface area (Å²) in [5, 5.41) is 6.45. The number of carbonyl (C=O) groups excluding carboxylic acids is 1. The molecule has 1 aromatic heterocycles. The number of rotatable bonds is 5. The first-order valence-electron chi connectivity index (χ1n) is 7.42. The molecule has 1 saturated heterocycles. The minimum absolute atomic E-state index is 0.109. The van der Waals surface area contributed by atoms with E-state index in [0.29, 0.717) is 24.0 Å². The Morgan fingerprint density at radius 1 is 1.43 bits per heavy atom. The number of likely N-dealkylation sites (tertiary alicyclic amines) is 1. The average molecular weight is 294 g/mol. The minimum Gasteiger partial charge on any atom is -0.396 e. The highest BCUT2D eigenvalue weighted by molar-refractivity contribution is 5.96. The van der Waals surface area contributed by atoms with Crippen molar-refractivity contribution in [2.75, 3.05) is 53.1 Å². The van der Waals surface area contributed by atoms with Gasteiger partial charge in [-0.15, -0.1) is 0 Å². The predicted molar refractivity (Wildman–Crippen MR) is 83.1 cm³/mol. The number of piperidine rings is 1. The standard InChI is InChI=1S/C14H26N6O/c1-18-6-4-11(5-7-18)19(2)8-9-20(3)14(21)13-12(15)10-16-17-13/h10-11H,4-9,15H2,1-3H3,(H,16,17). The normalized spacial score (nSPS) is 17.3. The number of likely N-dealkylation sites (N-methyl/N-ethyl adjacent to an activating group) is 2. The third kappa shape index (κ3) is 3.95. The molecule has 1 aliphatic heterocycles. The van der Waals surface area contributed by atoms with Crippen LogP contribution in [-0.2, 0) is 0 Å². The Labute approximate surface area is 126 Å². The van der Waals surface area contributed by atoms with Crippen LogP contribution in [0.2, 0.25) is 0 Å². The molecular formula is C14H26N6O. The average Bonchev–Trinajstić information content (AvgIpc) is 2.90. The lowest BCUT2D eigenvalue weighted by atomic mass is 10.0. The van der Waals surface area contributed by atoms with Gasteiger partial charge in [0.2, 0.25) is 0 Å². The van der Waals surface area contributed by atoms with Crippen LogP contribution in [0.25, 0.3) is 0 Å². The van der Waals surface area contributed by atoms with Crippen LogP contribution in [0.3, 0.4) is 0 Å². The van der Waals surface area contributed by atoms with E-state index in [-0.39, 0.29) is 5.91 Å². The fraction of sp³-hybridized carbons (Fsp3) is 0.714. The molecule has 1 aromatic rings. The number of carbonyl (C=O) groups is 1. The summed E-state index contributed by atoms with van der Waals surface area (Å²) >= 11 is 0. The van der Waals surface area contributed by atoms with Crippen LogP contribution in [-0.4, -0.2) is 84.2 Å². The Balaban J connectivity index is 1.79. The van der Waals surface area contributed by atoms with Crippen LogP contribution in [0.1, 0.15) is 23.3 Å². The van der Waals surface area contributed by atoms with Crippen molar-refractivity contribution in [3.63, 3.8) is 0 Å². The van der Waals surface area contributed by atoms with Crippen molar-refractivity contribution in [2.45, 2.75) is 18.9 Å². The van der Waals surface area contributed by atoms with Gasteiger partial charge in [0.25, 0.3) is 5.91 Å². The summed E-state index contributed by atoms with van der Waals surface area (Å²) in [5.74, 6) is -0.109. The molecule has 118 valence electrons. The predicted octanol–water partition coefficient (Wildman–Crippen LogP) is 0.0899. The van der Waals surface area contributed by atoms with E-state index in [1.807, 2.05) is 0 Å². The Hall–Kier alpha value is -1.60. The molecule has 0 spiro atoms. The summed E-state index contributed by atoms with van der Waals surface area (Å²) in [6.07, 6.45) is 3.85. The first kappa shape index (κ1) is 15.8. The van der Waals surface area contributed by atoms with Gasteiger partial charge < -0.3 is 20.4 Å². The molecule has 7 heteroatoms. The van der Waals surface area contributed by atoms with Crippen molar-refractivity contribution >= 4 is 11.6 Å². The van der Waals surface area contributed by atoms with Gasteiger partial charge in [-0.25, -0.2) is 0 Å². The lowest BCUT2D eigenvalue weighted by Gasteiger charge is -2.35. The molecule has 0 bridgehead atoms. The Bertz CT molecular complexity index is 466. The maximum absolute atomic E-state index is 12.2. The highest BCUT2D eigenvalue weighted by atomic mass is 16.2. The Morgan fingerprint density at radius 2 is 2.10 bits per heavy atom. The molecular weight excluding hydrogens is 268 g/mol. The smallest absolute Gasteiger partial charge is 0.273 e. The maximum Gasteiger partial charge on any atom is 0.273 e. The van der Waals surface area contributed by atoms with Gasteiger partial charge in [-0.05, 0) is 40.0 Å². The van der Waals surface area contributed by atoms with E-state index in [9.17, 15) is 4.79 Å². The Kier molecular flexibility index (Phi) is 5.19. The molecule has 0 aliphatic carbocycles. The monoisotopic (exact) mass is 294 g/mol. The lowest BCUT2D eigenvalue weighted by Crippen LogP contribution is -2.44. The second-order valence-electron chi connectivity index (χ2n) is 5.94. The molecule has 1 aliphatic rings. The van der Waals surface area contributed by atoms with Gasteiger partial charge in [0.05, 0.1) is 11.9 Å². The summed E-state index contributed by atoms with van der Waals surface area (Å²) < 4.78 is 0. The van der Waals surface area contributed by atoms with Crippen LogP contribution in [0.5, 0.6) is 0 Å². The van der Waals surface area contributed by atoms with Crippen LogP contribution in [0.15, 0.2) is 6.20 Å². The zero-order valence-electron chi connectivity index (χ0n) is 13.2. The van der Waals surface area contributed by atoms with Crippen LogP contribution < -0.4 is 5.73 Å². The fourth-order valence-corrected chi connectivity index (χ4v) is 2.69. The summed E-state index contributed by atoms with van der Waals surface area (Å²) in [6, 6.07) is 0.613. The molecule has 21 heavy (non-hydrogen) atoms. The first-order chi connectivity index (χ1) is 9.99. The van der Waals surface area contributed by atoms with E-state index in [4.69, 9.17) is 5.73 Å². The summed E-state index contributed by atoms with van der Waals surface area (Å²) in [7, 11) is 6.10. The van der Waals surface area contributed by atoms with E-state index < -0.39 is 0 Å². The number of H-pyrrole nitrogens is 1. The second kappa shape index (κ2) is 6.91. The number of nitrogens with one attached hydrogen (secondary N) is 1. The van der Waals surface area contributed by atoms with Crippen LogP contribution in [0.4, 0.5) is 5.69 Å². The second-order valence-corrected chi connectivity index (χ2v) is 5.94. The van der Waals surface area contributed by atoms with Gasteiger partial charge in [-0.1, -0.05) is 0 Å². The van der Waals surface area contributed by atoms with E-state index in [1.165, 1.54) is 19.0 Å². The first-order valence-corrected chi connectivity index (χ1v) is 7.42. The molecule has 0 aromatic carbocycles. The van der Waals surface area contributed by atoms with Gasteiger partial charge >= 0.3 is 0 Å². The highest BCUT2D eigenvalue weighted by Crippen LogP contribution is 2.14. The van der Waals surface area contributed by atoms with Gasteiger partial charge in [0, 0.05) is 26.2 Å². The number of aromatic amines is 1. The van der Waals surface area contributed by atoms with Gasteiger partial charge in [-0.2, -0.15) is 5.10 Å². The number of hydrogen-bond acceptors (Lipinski definition) is 5. The molecule has 0 radical (unpaired) electrons. The van der Waals surface area contributed by atoms with Crippen LogP contribution in [0, 0.1) is 0 Å². The number of hydrogen-bond donors (Lipinski definition) is 2. The van der Waals surface area contributed by atoms with E-state index >= 15 is 0 Å². The lowest BCUT2D eigenvalue weighted by molar-refractivity contribution is 0.0754. The number of aromatic nitrogens is 2. The number of nitrogen functional groups attached to an aromatic ring is 1. The summed E-state index contributed by atoms with van der Waals surface area (Å²) in [6.45, 7) is 3.84. The van der Waals surface area contributed by atoms with Crippen molar-refractivity contribution < 1.29 is 4.79 Å². The van der Waals surface area contributed by atoms with E-state index in [1.54, 1.807) is 11.9 Å². The fourth-order valence-electron chi connectivity index (χ4n) is 2.69. The molecule has 1 amide bonds. The highest BCUT2D eigenvalue weighted by Gasteiger charge is 2.22. The maximum atomic E-state index is 12.2. The topological polar surface area (TPSA) is 81.5 Å². The van der Waals surface area contributed by atoms with Crippen LogP contribution >= 0.6 is 0 Å². The van der Waals surface area contributed by atoms with E-state index in [0.717, 1.165) is 19.6 Å². The largest absolute Gasteiger partial charge is 0.396 e. The summed E-state index contributed by atoms with van der Waals surface area (Å²) in [5.41, 5.74) is 6.48. The third-order valence-electron chi connectivity index (χ3n) is 4.33. The molecule has 7 nitrogen and oxygen atoms in total. The molecule has 0 atom stereocenters. The number of nitrogens with two attached hydrogens (primary N) is 1. The SMILES string of the molecule is CN1CCC(N(C)CCN(C)C(=O)c2[nH]ncc2N)CC1. The molecule has 2 heterocycles. The van der Waals surface area contributed by atoms with Crippen molar-refractivity contribution in [3.8, 4) is 0 Å². The van der Waals surface area contributed by atoms with Gasteiger partial charge in [0.15, 0.2) is 0 Å². The minimum atomic E-state index is -0.109. The van der Waals surface area contributed by atoms with E-state index in [2.05, 4.69) is 34.1 Å². The van der Waals surface area contributed by atoms with Crippen molar-refractivity contribution in [3.05, 3.63) is 11.9 Å². The Morgan fingerprint density at radius 3 is 2.67 bits per heavy atom. The van der Waals surface area contributed by atoms with Gasteiger partial charge in [0.1, 0.15) is 5.69 Å². The van der Waals surface area contributed by atoms with Gasteiger partial charge in [-0.3, -0.25) is 9.89 Å². The quantitative estimate of drug-likeness (QED) is 0.804. The van der Waals surface area contributed by atoms with Crippen molar-refractivity contribution in [1.29, 1.82) is 0 Å². The molecule has 3 N–H and O–H groups in total. The summed E-state index contributed by atoms with van der Waals surface area (Å²) in [4.78, 5) is 18.6. The molecule has 1 fully saturated rings. The molecule has 2 rings (SSSR count). The van der Waals surface area contributed by atoms with Crippen molar-refractivity contribution in [2.24, 2.45) is 0 Å². The zero-order chi connectivity index (χ0) is 15.4. The molecule has 0 unspecified atom stereocenters. The number of anilines is 1. The zero-order valence-corrected chi connectivity index (χ0v) is 13.2.